The highest BCUT2D eigenvalue weighted by molar-refractivity contribution is 7.84. The molecule has 0 N–H and O–H groups in total. The molecule has 0 aromatic heterocycles. The van der Waals surface area contributed by atoms with Gasteiger partial charge in [-0.25, -0.2) is 0 Å². The summed E-state index contributed by atoms with van der Waals surface area (Å²) < 4.78 is 59.5. The predicted molar refractivity (Wildman–Crippen MR) is 47.9 cm³/mol. The van der Waals surface area contributed by atoms with Gasteiger partial charge in [0.2, 0.25) is 0 Å². The molecule has 0 saturated carbocycles. The molecule has 2 fully saturated rings. The summed E-state index contributed by atoms with van der Waals surface area (Å²) in [6.07, 6.45) is 0. The van der Waals surface area contributed by atoms with Crippen LogP contribution in [0, 0.1) is 0 Å². The van der Waals surface area contributed by atoms with Crippen molar-refractivity contribution in [1.29, 1.82) is 0 Å². The summed E-state index contributed by atoms with van der Waals surface area (Å²) in [6, 6.07) is 0. The highest BCUT2D eigenvalue weighted by Gasteiger charge is 2.51. The third-order valence-electron chi connectivity index (χ3n) is 1.48. The maximum atomic E-state index is 10.7. The second-order valence-electron chi connectivity index (χ2n) is 2.67. The van der Waals surface area contributed by atoms with Crippen LogP contribution in [0.1, 0.15) is 0 Å². The van der Waals surface area contributed by atoms with Crippen molar-refractivity contribution in [2.45, 2.75) is 5.01 Å². The van der Waals surface area contributed by atoms with Crippen LogP contribution in [0.4, 0.5) is 0 Å². The van der Waals surface area contributed by atoms with E-state index in [1.54, 1.807) is 0 Å². The maximum Gasteiger partial charge on any atom is 0.370 e. The molecule has 2 saturated heterocycles. The Morgan fingerprint density at radius 1 is 0.667 bits per heavy atom. The minimum absolute atomic E-state index is 0.792. The lowest BCUT2D eigenvalue weighted by atomic mass is 9.23. The van der Waals surface area contributed by atoms with Gasteiger partial charge in [0.1, 0.15) is 0 Å². The molecule has 15 heavy (non-hydrogen) atoms. The van der Waals surface area contributed by atoms with Crippen LogP contribution < -0.4 is 0 Å². The quantitative estimate of drug-likeness (QED) is 0.419. The minimum Gasteiger partial charge on any atom is -0.321 e. The van der Waals surface area contributed by atoms with Gasteiger partial charge in [-0.1, -0.05) is 0 Å². The Morgan fingerprint density at radius 2 is 0.933 bits per heavy atom. The second-order valence-corrected chi connectivity index (χ2v) is 5.08. The van der Waals surface area contributed by atoms with Crippen LogP contribution in [-0.4, -0.2) is 46.8 Å². The SMILES string of the molecule is O=S1(=O)O[B]C2([B]O1)[B]OS(=O)(=O)O[B]2. The molecule has 0 unspecified atom stereocenters. The van der Waals surface area contributed by atoms with Gasteiger partial charge >= 0.3 is 50.7 Å². The molecular formula is CB4O8S2. The van der Waals surface area contributed by atoms with Crippen molar-refractivity contribution < 1.29 is 33.2 Å². The first-order valence-corrected chi connectivity index (χ1v) is 6.10. The van der Waals surface area contributed by atoms with Crippen LogP contribution >= 0.6 is 0 Å². The Hall–Kier alpha value is -0.000260. The van der Waals surface area contributed by atoms with Gasteiger partial charge in [0.15, 0.2) is 0 Å². The Morgan fingerprint density at radius 3 is 1.20 bits per heavy atom. The second kappa shape index (κ2) is 3.50. The van der Waals surface area contributed by atoms with Crippen LogP contribution in [-0.2, 0) is 37.2 Å². The molecule has 0 amide bonds. The number of rotatable bonds is 0. The van der Waals surface area contributed by atoms with Crippen molar-refractivity contribution in [3.8, 4) is 0 Å². The lowest BCUT2D eigenvalue weighted by molar-refractivity contribution is 0.375. The average Bonchev–Trinajstić information content (AvgIpc) is 2.15. The fourth-order valence-corrected chi connectivity index (χ4v) is 2.01. The fraction of sp³-hybridized carbons (Fsp3) is 1.00. The largest absolute Gasteiger partial charge is 0.370 e. The molecule has 0 aromatic carbocycles. The first kappa shape index (κ1) is 11.5. The van der Waals surface area contributed by atoms with E-state index in [-0.39, 0.29) is 0 Å². The van der Waals surface area contributed by atoms with E-state index in [0.29, 0.717) is 0 Å². The summed E-state index contributed by atoms with van der Waals surface area (Å²) in [4.78, 5) is 0. The van der Waals surface area contributed by atoms with Crippen molar-refractivity contribution in [2.75, 3.05) is 0 Å². The normalized spacial score (nSPS) is 30.4. The summed E-state index contributed by atoms with van der Waals surface area (Å²) in [6.45, 7) is 0. The van der Waals surface area contributed by atoms with E-state index in [2.05, 4.69) is 16.4 Å². The van der Waals surface area contributed by atoms with Crippen molar-refractivity contribution in [3.05, 3.63) is 0 Å². The van der Waals surface area contributed by atoms with Gasteiger partial charge < -0.3 is 16.4 Å². The summed E-state index contributed by atoms with van der Waals surface area (Å²) in [5, 5.41) is -1.38. The van der Waals surface area contributed by atoms with Crippen LogP contribution in [0.15, 0.2) is 0 Å². The highest BCUT2D eigenvalue weighted by atomic mass is 32.3. The van der Waals surface area contributed by atoms with Crippen LogP contribution in [0.5, 0.6) is 0 Å². The Balaban J connectivity index is 2.07. The lowest BCUT2D eigenvalue weighted by Gasteiger charge is -2.32. The molecule has 2 heterocycles. The molecular weight excluding hydrogens is 247 g/mol. The first-order chi connectivity index (χ1) is 6.83. The van der Waals surface area contributed by atoms with Crippen molar-refractivity contribution in [1.82, 2.24) is 0 Å². The average molecular weight is 247 g/mol. The van der Waals surface area contributed by atoms with Crippen LogP contribution in [0.25, 0.3) is 0 Å². The van der Waals surface area contributed by atoms with Gasteiger partial charge in [0.05, 0.1) is 0 Å². The predicted octanol–water partition coefficient (Wildman–Crippen LogP) is -2.92. The molecule has 8 nitrogen and oxygen atoms in total. The van der Waals surface area contributed by atoms with Crippen LogP contribution in [0.3, 0.4) is 0 Å². The lowest BCUT2D eigenvalue weighted by Crippen LogP contribution is -2.52. The van der Waals surface area contributed by atoms with Gasteiger partial charge in [-0.15, -0.1) is 0 Å². The summed E-state index contributed by atoms with van der Waals surface area (Å²) in [5.41, 5.74) is 0. The van der Waals surface area contributed by atoms with Crippen molar-refractivity contribution in [3.63, 3.8) is 0 Å². The van der Waals surface area contributed by atoms with Gasteiger partial charge in [-0.2, -0.15) is 16.8 Å². The zero-order chi connectivity index (χ0) is 11.2. The third kappa shape index (κ3) is 2.57. The Bertz CT molecular complexity index is 376. The summed E-state index contributed by atoms with van der Waals surface area (Å²) in [7, 11) is -5.03. The van der Waals surface area contributed by atoms with E-state index >= 15 is 0 Å². The fourth-order valence-electron chi connectivity index (χ4n) is 0.781. The molecule has 14 heteroatoms. The van der Waals surface area contributed by atoms with E-state index in [4.69, 9.17) is 0 Å². The highest BCUT2D eigenvalue weighted by Crippen LogP contribution is 2.30. The Kier molecular flexibility index (Phi) is 2.68. The molecule has 0 bridgehead atoms. The van der Waals surface area contributed by atoms with Gasteiger partial charge in [-0.05, 0) is 5.01 Å². The smallest absolute Gasteiger partial charge is 0.321 e. The van der Waals surface area contributed by atoms with Crippen molar-refractivity contribution in [2.24, 2.45) is 0 Å². The van der Waals surface area contributed by atoms with E-state index in [1.807, 2.05) is 0 Å². The zero-order valence-corrected chi connectivity index (χ0v) is 8.52. The third-order valence-corrected chi connectivity index (χ3v) is 2.81. The standard InChI is InChI=1S/CB4O8S2/c6-14(7)10-2-1(3-11-14)4-12-15(8,9)13-5-1. The molecule has 0 atom stereocenters. The molecule has 2 aliphatic rings. The Labute approximate surface area is 89.4 Å². The van der Waals surface area contributed by atoms with Gasteiger partial charge in [0.25, 0.3) is 0 Å². The van der Waals surface area contributed by atoms with Gasteiger partial charge in [-0.3, -0.25) is 0 Å². The maximum absolute atomic E-state index is 10.7. The molecule has 2 aliphatic heterocycles. The number of hydrogen-bond acceptors (Lipinski definition) is 8. The van der Waals surface area contributed by atoms with Crippen molar-refractivity contribution >= 4 is 50.7 Å². The van der Waals surface area contributed by atoms with E-state index in [0.717, 1.165) is 29.9 Å². The molecule has 4 radical (unpaired) electrons. The molecule has 0 aromatic rings. The molecule has 76 valence electrons. The zero-order valence-electron chi connectivity index (χ0n) is 6.89. The monoisotopic (exact) mass is 248 g/mol. The van der Waals surface area contributed by atoms with E-state index in [1.165, 1.54) is 0 Å². The topological polar surface area (TPSA) is 105 Å². The number of hydrogen-bond donors (Lipinski definition) is 0. The minimum atomic E-state index is -4.10. The van der Waals surface area contributed by atoms with Gasteiger partial charge in [0, 0.05) is 0 Å². The summed E-state index contributed by atoms with van der Waals surface area (Å²) in [5.74, 6) is 0. The van der Waals surface area contributed by atoms with E-state index < -0.39 is 25.8 Å². The van der Waals surface area contributed by atoms with Crippen LogP contribution in [0.2, 0.25) is 5.01 Å². The molecule has 1 spiro atoms. The summed E-state index contributed by atoms with van der Waals surface area (Å²) >= 11 is 0. The first-order valence-electron chi connectivity index (χ1n) is 3.43. The van der Waals surface area contributed by atoms with E-state index in [9.17, 15) is 16.8 Å². The molecule has 0 aliphatic carbocycles. The molecule has 2 rings (SSSR count).